The minimum atomic E-state index is -0.363. The number of fused-ring (bicyclic) bond motifs is 1. The lowest BCUT2D eigenvalue weighted by Gasteiger charge is -2.35. The highest BCUT2D eigenvalue weighted by Crippen LogP contribution is 2.40. The molecule has 3 aromatic rings. The van der Waals surface area contributed by atoms with Crippen LogP contribution in [0.2, 0.25) is 0 Å². The number of thiazole rings is 1. The van der Waals surface area contributed by atoms with Crippen LogP contribution in [0.5, 0.6) is 0 Å². The molecule has 146 valence electrons. The summed E-state index contributed by atoms with van der Waals surface area (Å²) in [6.45, 7) is 2.61. The second kappa shape index (κ2) is 8.36. The summed E-state index contributed by atoms with van der Waals surface area (Å²) >= 11 is 6.35. The molecule has 0 bridgehead atoms. The molecule has 1 aliphatic heterocycles. The van der Waals surface area contributed by atoms with Gasteiger partial charge < -0.3 is 10.6 Å². The molecule has 28 heavy (non-hydrogen) atoms. The van der Waals surface area contributed by atoms with Gasteiger partial charge in [0.1, 0.15) is 0 Å². The number of hydrogen-bond acceptors (Lipinski definition) is 7. The smallest absolute Gasteiger partial charge is 0.233 e. The van der Waals surface area contributed by atoms with Gasteiger partial charge in [0.25, 0.3) is 0 Å². The van der Waals surface area contributed by atoms with E-state index < -0.39 is 0 Å². The Kier molecular flexibility index (Phi) is 5.86. The van der Waals surface area contributed by atoms with Crippen molar-refractivity contribution in [3.63, 3.8) is 0 Å². The average Bonchev–Trinajstić information content (AvgIpc) is 3.40. The number of nitrogens with two attached hydrogens (primary N) is 1. The summed E-state index contributed by atoms with van der Waals surface area (Å²) in [6, 6.07) is 6.30. The second-order valence-electron chi connectivity index (χ2n) is 6.47. The molecule has 3 aromatic heterocycles. The van der Waals surface area contributed by atoms with Gasteiger partial charge in [0.2, 0.25) is 11.8 Å². The van der Waals surface area contributed by atoms with Gasteiger partial charge in [-0.1, -0.05) is 17.8 Å². The molecule has 0 saturated heterocycles. The number of aromatic nitrogens is 1. The Hall–Kier alpha value is -1.68. The predicted molar refractivity (Wildman–Crippen MR) is 116 cm³/mol. The van der Waals surface area contributed by atoms with Crippen molar-refractivity contribution < 1.29 is 9.59 Å². The molecule has 0 unspecified atom stereocenters. The van der Waals surface area contributed by atoms with Gasteiger partial charge in [0.05, 0.1) is 23.9 Å². The number of thiophene rings is 2. The van der Waals surface area contributed by atoms with E-state index in [9.17, 15) is 9.59 Å². The summed E-state index contributed by atoms with van der Waals surface area (Å²) in [7, 11) is 0. The van der Waals surface area contributed by atoms with Crippen LogP contribution >= 0.6 is 45.8 Å². The Morgan fingerprint density at radius 3 is 2.93 bits per heavy atom. The second-order valence-corrected chi connectivity index (χ2v) is 10.8. The lowest BCUT2D eigenvalue weighted by atomic mass is 9.98. The number of carbonyl (C=O) groups is 2. The minimum Gasteiger partial charge on any atom is -0.369 e. The molecule has 0 spiro atoms. The fraction of sp³-hybridized carbons (Fsp3) is 0.316. The molecule has 0 aromatic carbocycles. The van der Waals surface area contributed by atoms with Crippen molar-refractivity contribution in [2.75, 3.05) is 12.3 Å². The van der Waals surface area contributed by atoms with Crippen LogP contribution in [-0.2, 0) is 22.4 Å². The first-order valence-electron chi connectivity index (χ1n) is 8.79. The summed E-state index contributed by atoms with van der Waals surface area (Å²) in [4.78, 5) is 34.2. The van der Waals surface area contributed by atoms with Crippen LogP contribution in [0, 0.1) is 6.92 Å². The third-order valence-electron chi connectivity index (χ3n) is 4.63. The minimum absolute atomic E-state index is 0.00607. The standard InChI is InChI=1S/C19H19N3O2S4/c1-11-15(9-16(20)23)28-19(21-11)27-10-17(24)22-6-4-13-12(5-8-26-13)18(22)14-3-2-7-25-14/h2-3,5,7-8,18H,4,6,9-10H2,1H3,(H2,20,23)/t18-/m1/s1. The van der Waals surface area contributed by atoms with Crippen molar-refractivity contribution >= 4 is 57.6 Å². The molecule has 2 amide bonds. The van der Waals surface area contributed by atoms with Crippen molar-refractivity contribution in [3.8, 4) is 0 Å². The number of amides is 2. The molecule has 9 heteroatoms. The lowest BCUT2D eigenvalue weighted by Crippen LogP contribution is -2.40. The molecule has 4 heterocycles. The monoisotopic (exact) mass is 449 g/mol. The van der Waals surface area contributed by atoms with Crippen LogP contribution in [0.25, 0.3) is 0 Å². The predicted octanol–water partition coefficient (Wildman–Crippen LogP) is 3.87. The SMILES string of the molecule is Cc1nc(SCC(=O)N2CCc3sccc3[C@@H]2c2cccs2)sc1CC(N)=O. The Morgan fingerprint density at radius 1 is 1.32 bits per heavy atom. The van der Waals surface area contributed by atoms with Gasteiger partial charge in [-0.05, 0) is 41.8 Å². The maximum atomic E-state index is 13.1. The lowest BCUT2D eigenvalue weighted by molar-refractivity contribution is -0.130. The fourth-order valence-electron chi connectivity index (χ4n) is 3.33. The van der Waals surface area contributed by atoms with E-state index in [1.54, 1.807) is 22.7 Å². The van der Waals surface area contributed by atoms with Crippen LogP contribution in [0.4, 0.5) is 0 Å². The Morgan fingerprint density at radius 2 is 2.18 bits per heavy atom. The van der Waals surface area contributed by atoms with Crippen LogP contribution in [0.15, 0.2) is 33.3 Å². The zero-order valence-electron chi connectivity index (χ0n) is 15.2. The number of hydrogen-bond donors (Lipinski definition) is 1. The van der Waals surface area contributed by atoms with E-state index in [1.165, 1.54) is 38.4 Å². The molecule has 2 N–H and O–H groups in total. The van der Waals surface area contributed by atoms with Crippen LogP contribution < -0.4 is 5.73 Å². The zero-order chi connectivity index (χ0) is 19.7. The summed E-state index contributed by atoms with van der Waals surface area (Å²) < 4.78 is 0.808. The fourth-order valence-corrected chi connectivity index (χ4v) is 7.22. The van der Waals surface area contributed by atoms with E-state index in [4.69, 9.17) is 5.73 Å². The van der Waals surface area contributed by atoms with Gasteiger partial charge in [-0.2, -0.15) is 0 Å². The number of primary amides is 1. The summed E-state index contributed by atoms with van der Waals surface area (Å²) in [6.07, 6.45) is 1.11. The van der Waals surface area contributed by atoms with Crippen molar-refractivity contribution in [1.29, 1.82) is 0 Å². The molecule has 1 aliphatic rings. The number of nitrogens with zero attached hydrogens (tertiary/aromatic N) is 2. The number of rotatable bonds is 6. The maximum absolute atomic E-state index is 13.1. The summed E-state index contributed by atoms with van der Waals surface area (Å²) in [5, 5.41) is 4.18. The quantitative estimate of drug-likeness (QED) is 0.580. The topological polar surface area (TPSA) is 76.3 Å². The third kappa shape index (κ3) is 4.03. The Bertz CT molecular complexity index is 993. The van der Waals surface area contributed by atoms with E-state index in [0.29, 0.717) is 5.75 Å². The molecule has 4 rings (SSSR count). The molecule has 0 radical (unpaired) electrons. The van der Waals surface area contributed by atoms with Gasteiger partial charge in [0.15, 0.2) is 4.34 Å². The number of thioether (sulfide) groups is 1. The molecule has 0 fully saturated rings. The molecule has 1 atom stereocenters. The van der Waals surface area contributed by atoms with Crippen LogP contribution in [0.3, 0.4) is 0 Å². The molecular weight excluding hydrogens is 430 g/mol. The third-order valence-corrected chi connectivity index (χ3v) is 8.83. The van der Waals surface area contributed by atoms with Crippen LogP contribution in [-0.4, -0.2) is 34.0 Å². The normalized spacial score (nSPS) is 16.2. The van der Waals surface area contributed by atoms with Gasteiger partial charge >= 0.3 is 0 Å². The summed E-state index contributed by atoms with van der Waals surface area (Å²) in [5.41, 5.74) is 7.36. The van der Waals surface area contributed by atoms with Gasteiger partial charge in [0, 0.05) is 21.2 Å². The van der Waals surface area contributed by atoms with E-state index >= 15 is 0 Å². The van der Waals surface area contributed by atoms with E-state index in [-0.39, 0.29) is 24.3 Å². The maximum Gasteiger partial charge on any atom is 0.233 e. The van der Waals surface area contributed by atoms with Crippen molar-refractivity contribution in [3.05, 3.63) is 54.8 Å². The first-order valence-corrected chi connectivity index (χ1v) is 12.4. The highest BCUT2D eigenvalue weighted by Gasteiger charge is 2.33. The summed E-state index contributed by atoms with van der Waals surface area (Å²) in [5.74, 6) is 0.0900. The van der Waals surface area contributed by atoms with E-state index in [1.807, 2.05) is 17.9 Å². The molecule has 0 saturated carbocycles. The molecule has 0 aliphatic carbocycles. The number of aryl methyl sites for hydroxylation is 1. The van der Waals surface area contributed by atoms with Crippen molar-refractivity contribution in [2.24, 2.45) is 5.73 Å². The van der Waals surface area contributed by atoms with Crippen LogP contribution in [0.1, 0.15) is 31.9 Å². The molecule has 5 nitrogen and oxygen atoms in total. The highest BCUT2D eigenvalue weighted by molar-refractivity contribution is 8.01. The Labute approximate surface area is 179 Å². The van der Waals surface area contributed by atoms with E-state index in [0.717, 1.165) is 27.9 Å². The largest absolute Gasteiger partial charge is 0.369 e. The van der Waals surface area contributed by atoms with Gasteiger partial charge in [-0.15, -0.1) is 34.0 Å². The Balaban J connectivity index is 1.49. The van der Waals surface area contributed by atoms with Crippen molar-refractivity contribution in [1.82, 2.24) is 9.88 Å². The number of carbonyl (C=O) groups excluding carboxylic acids is 2. The first kappa shape index (κ1) is 19.6. The zero-order valence-corrected chi connectivity index (χ0v) is 18.5. The van der Waals surface area contributed by atoms with E-state index in [2.05, 4.69) is 27.9 Å². The highest BCUT2D eigenvalue weighted by atomic mass is 32.2. The van der Waals surface area contributed by atoms with Gasteiger partial charge in [-0.25, -0.2) is 4.98 Å². The van der Waals surface area contributed by atoms with Gasteiger partial charge in [-0.3, -0.25) is 9.59 Å². The molecular formula is C19H19N3O2S4. The van der Waals surface area contributed by atoms with Crippen molar-refractivity contribution in [2.45, 2.75) is 30.1 Å². The first-order chi connectivity index (χ1) is 13.5. The average molecular weight is 450 g/mol.